The lowest BCUT2D eigenvalue weighted by Crippen LogP contribution is -2.35. The molecule has 1 rings (SSSR count). The van der Waals surface area contributed by atoms with E-state index in [1.165, 1.54) is 16.4 Å². The molecular formula is C15H23FN2O4S. The zero-order chi connectivity index (χ0) is 17.3. The molecule has 0 saturated heterocycles. The van der Waals surface area contributed by atoms with Crippen LogP contribution in [0.25, 0.3) is 0 Å². The Bertz CT molecular complexity index is 590. The first kappa shape index (κ1) is 19.5. The smallest absolute Gasteiger partial charge is 0.221 e. The van der Waals surface area contributed by atoms with Gasteiger partial charge < -0.3 is 10.1 Å². The highest BCUT2D eigenvalue weighted by Gasteiger charge is 2.17. The molecule has 1 amide bonds. The highest BCUT2D eigenvalue weighted by molar-refractivity contribution is 7.88. The summed E-state index contributed by atoms with van der Waals surface area (Å²) >= 11 is 0. The van der Waals surface area contributed by atoms with Crippen LogP contribution in [0.1, 0.15) is 18.4 Å². The Morgan fingerprint density at radius 1 is 1.26 bits per heavy atom. The number of carbonyl (C=O) groups is 1. The first-order valence-corrected chi connectivity index (χ1v) is 9.13. The van der Waals surface area contributed by atoms with Gasteiger partial charge in [-0.15, -0.1) is 0 Å². The van der Waals surface area contributed by atoms with Crippen molar-refractivity contribution < 1.29 is 22.3 Å². The Morgan fingerprint density at radius 3 is 2.48 bits per heavy atom. The number of sulfonamides is 1. The van der Waals surface area contributed by atoms with Crippen molar-refractivity contribution in [1.29, 1.82) is 0 Å². The number of nitrogens with zero attached hydrogens (tertiary/aromatic N) is 1. The summed E-state index contributed by atoms with van der Waals surface area (Å²) in [5.74, 6) is -0.588. The second-order valence-corrected chi connectivity index (χ2v) is 7.14. The molecule has 1 aromatic carbocycles. The highest BCUT2D eigenvalue weighted by Crippen LogP contribution is 2.04. The van der Waals surface area contributed by atoms with E-state index in [-0.39, 0.29) is 31.2 Å². The summed E-state index contributed by atoms with van der Waals surface area (Å²) in [6.07, 6.45) is 1.76. The predicted octanol–water partition coefficient (Wildman–Crippen LogP) is 1.13. The lowest BCUT2D eigenvalue weighted by Gasteiger charge is -2.19. The third kappa shape index (κ3) is 8.06. The van der Waals surface area contributed by atoms with E-state index in [4.69, 9.17) is 4.74 Å². The van der Waals surface area contributed by atoms with E-state index in [2.05, 4.69) is 5.32 Å². The molecule has 0 aliphatic heterocycles. The lowest BCUT2D eigenvalue weighted by molar-refractivity contribution is -0.121. The molecule has 130 valence electrons. The van der Waals surface area contributed by atoms with Crippen molar-refractivity contribution in [3.8, 4) is 0 Å². The van der Waals surface area contributed by atoms with Gasteiger partial charge in [-0.3, -0.25) is 4.79 Å². The van der Waals surface area contributed by atoms with E-state index < -0.39 is 10.0 Å². The van der Waals surface area contributed by atoms with Crippen LogP contribution in [0.15, 0.2) is 24.3 Å². The summed E-state index contributed by atoms with van der Waals surface area (Å²) in [5, 5.41) is 2.68. The van der Waals surface area contributed by atoms with Crippen molar-refractivity contribution in [2.75, 3.05) is 33.1 Å². The van der Waals surface area contributed by atoms with Crippen molar-refractivity contribution in [1.82, 2.24) is 9.62 Å². The minimum atomic E-state index is -3.36. The molecule has 0 aromatic heterocycles. The maximum atomic E-state index is 12.8. The SMILES string of the molecule is COCCCN(CCC(=O)NCc1ccc(F)cc1)S(C)(=O)=O. The second-order valence-electron chi connectivity index (χ2n) is 5.16. The van der Waals surface area contributed by atoms with Gasteiger partial charge in [0.15, 0.2) is 0 Å². The average Bonchev–Trinajstić information content (AvgIpc) is 2.49. The number of halogens is 1. The number of hydrogen-bond acceptors (Lipinski definition) is 4. The molecule has 23 heavy (non-hydrogen) atoms. The number of benzene rings is 1. The first-order chi connectivity index (χ1) is 10.8. The third-order valence-corrected chi connectivity index (χ3v) is 4.52. The predicted molar refractivity (Wildman–Crippen MR) is 85.8 cm³/mol. The average molecular weight is 346 g/mol. The van der Waals surface area contributed by atoms with Gasteiger partial charge in [0.2, 0.25) is 15.9 Å². The van der Waals surface area contributed by atoms with Gasteiger partial charge in [-0.1, -0.05) is 12.1 Å². The zero-order valence-corrected chi connectivity index (χ0v) is 14.2. The second kappa shape index (κ2) is 9.59. The van der Waals surface area contributed by atoms with Gasteiger partial charge in [-0.2, -0.15) is 0 Å². The molecule has 0 atom stereocenters. The normalized spacial score (nSPS) is 11.7. The molecule has 0 bridgehead atoms. The Labute approximate surface area is 136 Å². The Kier molecular flexibility index (Phi) is 8.15. The molecule has 8 heteroatoms. The van der Waals surface area contributed by atoms with Crippen molar-refractivity contribution in [2.45, 2.75) is 19.4 Å². The van der Waals surface area contributed by atoms with Crippen molar-refractivity contribution in [3.63, 3.8) is 0 Å². The van der Waals surface area contributed by atoms with Crippen LogP contribution in [0.3, 0.4) is 0 Å². The van der Waals surface area contributed by atoms with E-state index in [0.29, 0.717) is 19.6 Å². The summed E-state index contributed by atoms with van der Waals surface area (Å²) < 4.78 is 42.3. The molecule has 6 nitrogen and oxygen atoms in total. The molecule has 0 fully saturated rings. The fourth-order valence-electron chi connectivity index (χ4n) is 1.95. The van der Waals surface area contributed by atoms with E-state index in [1.54, 1.807) is 19.2 Å². The molecule has 0 aliphatic carbocycles. The Morgan fingerprint density at radius 2 is 1.91 bits per heavy atom. The third-order valence-electron chi connectivity index (χ3n) is 3.22. The number of rotatable bonds is 10. The van der Waals surface area contributed by atoms with Crippen molar-refractivity contribution >= 4 is 15.9 Å². The van der Waals surface area contributed by atoms with Gasteiger partial charge in [0.05, 0.1) is 6.26 Å². The van der Waals surface area contributed by atoms with Crippen LogP contribution in [0.5, 0.6) is 0 Å². The molecule has 0 heterocycles. The molecule has 0 spiro atoms. The summed E-state index contributed by atoms with van der Waals surface area (Å²) in [5.41, 5.74) is 0.778. The highest BCUT2D eigenvalue weighted by atomic mass is 32.2. The standard InChI is InChI=1S/C15H23FN2O4S/c1-22-11-3-9-18(23(2,20)21)10-8-15(19)17-12-13-4-6-14(16)7-5-13/h4-7H,3,8-12H2,1-2H3,(H,17,19). The van der Waals surface area contributed by atoms with Crippen LogP contribution in [-0.2, 0) is 26.1 Å². The number of hydrogen-bond donors (Lipinski definition) is 1. The fourth-order valence-corrected chi connectivity index (χ4v) is 2.83. The van der Waals surface area contributed by atoms with Gasteiger partial charge in [0.1, 0.15) is 5.82 Å². The summed E-state index contributed by atoms with van der Waals surface area (Å²) in [6.45, 7) is 1.18. The Hall–Kier alpha value is -1.51. The van der Waals surface area contributed by atoms with E-state index in [9.17, 15) is 17.6 Å². The van der Waals surface area contributed by atoms with E-state index in [0.717, 1.165) is 11.8 Å². The van der Waals surface area contributed by atoms with Crippen LogP contribution in [0, 0.1) is 5.82 Å². The first-order valence-electron chi connectivity index (χ1n) is 7.28. The summed E-state index contributed by atoms with van der Waals surface area (Å²) in [4.78, 5) is 11.8. The van der Waals surface area contributed by atoms with Crippen LogP contribution < -0.4 is 5.32 Å². The molecule has 1 aromatic rings. The minimum Gasteiger partial charge on any atom is -0.385 e. The maximum absolute atomic E-state index is 12.8. The molecule has 0 saturated carbocycles. The number of amides is 1. The minimum absolute atomic E-state index is 0.0707. The van der Waals surface area contributed by atoms with Gasteiger partial charge in [0, 0.05) is 39.8 Å². The topological polar surface area (TPSA) is 75.7 Å². The summed E-state index contributed by atoms with van der Waals surface area (Å²) in [7, 11) is -1.81. The van der Waals surface area contributed by atoms with Crippen LogP contribution in [0.2, 0.25) is 0 Å². The van der Waals surface area contributed by atoms with E-state index in [1.807, 2.05) is 0 Å². The quantitative estimate of drug-likeness (QED) is 0.645. The summed E-state index contributed by atoms with van der Waals surface area (Å²) in [6, 6.07) is 5.82. The van der Waals surface area contributed by atoms with E-state index >= 15 is 0 Å². The zero-order valence-electron chi connectivity index (χ0n) is 13.4. The lowest BCUT2D eigenvalue weighted by atomic mass is 10.2. The van der Waals surface area contributed by atoms with Gasteiger partial charge in [0.25, 0.3) is 0 Å². The maximum Gasteiger partial charge on any atom is 0.221 e. The molecular weight excluding hydrogens is 323 g/mol. The number of nitrogens with one attached hydrogen (secondary N) is 1. The van der Waals surface area contributed by atoms with Crippen LogP contribution in [-0.4, -0.2) is 51.7 Å². The largest absolute Gasteiger partial charge is 0.385 e. The van der Waals surface area contributed by atoms with Gasteiger partial charge in [-0.25, -0.2) is 17.1 Å². The number of methoxy groups -OCH3 is 1. The van der Waals surface area contributed by atoms with Crippen molar-refractivity contribution in [3.05, 3.63) is 35.6 Å². The number of ether oxygens (including phenoxy) is 1. The monoisotopic (exact) mass is 346 g/mol. The van der Waals surface area contributed by atoms with Crippen LogP contribution >= 0.6 is 0 Å². The molecule has 0 radical (unpaired) electrons. The fraction of sp³-hybridized carbons (Fsp3) is 0.533. The molecule has 0 aliphatic rings. The van der Waals surface area contributed by atoms with Crippen molar-refractivity contribution in [2.24, 2.45) is 0 Å². The Balaban J connectivity index is 2.40. The molecule has 1 N–H and O–H groups in total. The molecule has 0 unspecified atom stereocenters. The van der Waals surface area contributed by atoms with Crippen LogP contribution in [0.4, 0.5) is 4.39 Å². The van der Waals surface area contributed by atoms with Gasteiger partial charge in [-0.05, 0) is 24.1 Å². The number of carbonyl (C=O) groups excluding carboxylic acids is 1. The van der Waals surface area contributed by atoms with Gasteiger partial charge >= 0.3 is 0 Å².